The summed E-state index contributed by atoms with van der Waals surface area (Å²) in [4.78, 5) is 0. The number of unbranched alkanes of at least 4 members (excludes halogenated alkanes) is 6. The van der Waals surface area contributed by atoms with Gasteiger partial charge in [0.15, 0.2) is 27.4 Å². The molecule has 0 N–H and O–H groups in total. The molecular weight excluding hydrogens is 549 g/mol. The lowest BCUT2D eigenvalue weighted by Gasteiger charge is -2.52. The summed E-state index contributed by atoms with van der Waals surface area (Å²) in [5.41, 5.74) is 4.77. The lowest BCUT2D eigenvalue weighted by atomic mass is 10.3. The Morgan fingerprint density at radius 1 is 0.378 bits per heavy atom. The standard InChI is InChI=1S/C27H72N4Si6/c1-7-13-19-28(20-14-8-2)35(25-32)31(36(26-33)29(21-15-9-3)22-16-10-4)37(27-34)30(23-17-11-5)24-18-12-6/h35-37H,7-27H2,1-6,32-34H3. The van der Waals surface area contributed by atoms with Crippen LogP contribution >= 0.6 is 0 Å². The first-order valence-corrected chi connectivity index (χ1v) is 26.8. The zero-order chi connectivity index (χ0) is 27.9. The molecule has 0 heterocycles. The van der Waals surface area contributed by atoms with Gasteiger partial charge in [0.2, 0.25) is 0 Å². The first-order valence-electron chi connectivity index (χ1n) is 17.0. The van der Waals surface area contributed by atoms with Crippen molar-refractivity contribution >= 4 is 58.1 Å². The van der Waals surface area contributed by atoms with Crippen LogP contribution in [0.3, 0.4) is 0 Å². The minimum Gasteiger partial charge on any atom is -0.339 e. The van der Waals surface area contributed by atoms with Crippen LogP contribution in [-0.4, -0.2) is 115 Å². The molecule has 0 saturated heterocycles. The van der Waals surface area contributed by atoms with E-state index >= 15 is 0 Å². The van der Waals surface area contributed by atoms with Crippen molar-refractivity contribution in [2.24, 2.45) is 0 Å². The van der Waals surface area contributed by atoms with Crippen LogP contribution in [0.5, 0.6) is 0 Å². The molecule has 10 heteroatoms. The van der Waals surface area contributed by atoms with E-state index in [0.29, 0.717) is 0 Å². The molecule has 3 unspecified atom stereocenters. The van der Waals surface area contributed by atoms with Gasteiger partial charge in [-0.25, -0.2) is 0 Å². The van der Waals surface area contributed by atoms with Gasteiger partial charge in [-0.05, 0) is 94.8 Å². The molecule has 0 fully saturated rings. The van der Waals surface area contributed by atoms with Crippen molar-refractivity contribution < 1.29 is 0 Å². The van der Waals surface area contributed by atoms with E-state index in [2.05, 4.69) is 59.1 Å². The minimum absolute atomic E-state index is 1.09. The van der Waals surface area contributed by atoms with Crippen molar-refractivity contribution in [3.63, 3.8) is 0 Å². The fourth-order valence-corrected chi connectivity index (χ4v) is 40.8. The SMILES string of the molecule is CCCCN(CCCC)[SiH](C[SiH3])N([SiH](C[SiH3])N(CCCC)CCCC)[SiH](C[SiH3])N(CCCC)CCCC. The molecule has 0 rings (SSSR count). The highest BCUT2D eigenvalue weighted by molar-refractivity contribution is 6.88. The van der Waals surface area contributed by atoms with Crippen LogP contribution < -0.4 is 0 Å². The van der Waals surface area contributed by atoms with Crippen LogP contribution in [0, 0.1) is 0 Å². The van der Waals surface area contributed by atoms with E-state index in [4.69, 9.17) is 0 Å². The smallest absolute Gasteiger partial charge is 0.174 e. The summed E-state index contributed by atoms with van der Waals surface area (Å²) in [6, 6.07) is 0. The molecule has 0 spiro atoms. The molecule has 0 saturated carbocycles. The highest BCUT2D eigenvalue weighted by Crippen LogP contribution is 2.22. The predicted octanol–water partition coefficient (Wildman–Crippen LogP) is 2.63. The molecule has 0 bridgehead atoms. The second-order valence-corrected chi connectivity index (χ2v) is 29.8. The molecule has 0 aliphatic heterocycles. The topological polar surface area (TPSA) is 13.0 Å². The van der Waals surface area contributed by atoms with Gasteiger partial charge in [0.25, 0.3) is 0 Å². The van der Waals surface area contributed by atoms with E-state index in [1.165, 1.54) is 147 Å². The van der Waals surface area contributed by atoms with Crippen LogP contribution in [0.1, 0.15) is 119 Å². The van der Waals surface area contributed by atoms with Crippen molar-refractivity contribution in [1.82, 2.24) is 17.6 Å². The van der Waals surface area contributed by atoms with E-state index in [9.17, 15) is 0 Å². The van der Waals surface area contributed by atoms with Crippen LogP contribution in [0.25, 0.3) is 0 Å². The monoisotopic (exact) mass is 620 g/mol. The Morgan fingerprint density at radius 3 is 0.703 bits per heavy atom. The van der Waals surface area contributed by atoms with Gasteiger partial charge in [0, 0.05) is 30.7 Å². The van der Waals surface area contributed by atoms with E-state index in [0.717, 1.165) is 0 Å². The molecule has 4 nitrogen and oxygen atoms in total. The third-order valence-electron chi connectivity index (χ3n) is 8.19. The largest absolute Gasteiger partial charge is 0.339 e. The Morgan fingerprint density at radius 2 is 0.568 bits per heavy atom. The second kappa shape index (κ2) is 26.1. The number of hydrogen-bond donors (Lipinski definition) is 0. The Kier molecular flexibility index (Phi) is 26.9. The van der Waals surface area contributed by atoms with Gasteiger partial charge in [-0.3, -0.25) is 0 Å². The highest BCUT2D eigenvalue weighted by atomic mass is 28.4. The molecule has 0 aromatic heterocycles. The molecule has 224 valence electrons. The van der Waals surface area contributed by atoms with Crippen LogP contribution in [0.15, 0.2) is 0 Å². The maximum Gasteiger partial charge on any atom is 0.174 e. The molecule has 0 aliphatic carbocycles. The van der Waals surface area contributed by atoms with E-state index in [-0.39, 0.29) is 0 Å². The third kappa shape index (κ3) is 15.1. The normalized spacial score (nSPS) is 15.1. The van der Waals surface area contributed by atoms with Crippen LogP contribution in [0.4, 0.5) is 0 Å². The first kappa shape index (κ1) is 38.1. The van der Waals surface area contributed by atoms with Gasteiger partial charge in [0.05, 0.1) is 0 Å². The second-order valence-electron chi connectivity index (χ2n) is 11.3. The fraction of sp³-hybridized carbons (Fsp3) is 1.00. The van der Waals surface area contributed by atoms with Crippen LogP contribution in [0.2, 0.25) is 17.0 Å². The van der Waals surface area contributed by atoms with Gasteiger partial charge < -0.3 is 17.6 Å². The van der Waals surface area contributed by atoms with Crippen molar-refractivity contribution in [2.75, 3.05) is 39.3 Å². The highest BCUT2D eigenvalue weighted by Gasteiger charge is 2.40. The molecule has 37 heavy (non-hydrogen) atoms. The molecule has 0 aromatic carbocycles. The lowest BCUT2D eigenvalue weighted by molar-refractivity contribution is 0.357. The van der Waals surface area contributed by atoms with Crippen molar-refractivity contribution in [2.45, 2.75) is 136 Å². The Balaban J connectivity index is 6.65. The maximum atomic E-state index is 3.58. The summed E-state index contributed by atoms with van der Waals surface area (Å²) < 4.78 is 13.1. The zero-order valence-corrected chi connectivity index (χ0v) is 36.8. The summed E-state index contributed by atoms with van der Waals surface area (Å²) in [6.07, 6.45) is 16.6. The van der Waals surface area contributed by atoms with Crippen molar-refractivity contribution in [3.8, 4) is 0 Å². The average molecular weight is 621 g/mol. The van der Waals surface area contributed by atoms with Crippen molar-refractivity contribution in [1.29, 1.82) is 0 Å². The number of rotatable bonds is 27. The van der Waals surface area contributed by atoms with E-state index < -0.39 is 27.4 Å². The summed E-state index contributed by atoms with van der Waals surface area (Å²) in [7, 11) is 0.907. The average Bonchev–Trinajstić information content (AvgIpc) is 2.92. The van der Waals surface area contributed by atoms with Gasteiger partial charge in [-0.15, -0.1) is 0 Å². The zero-order valence-electron chi connectivity index (χ0n) is 27.4. The summed E-state index contributed by atoms with van der Waals surface area (Å²) >= 11 is 0. The molecule has 0 amide bonds. The number of nitrogens with zero attached hydrogens (tertiary/aromatic N) is 4. The van der Waals surface area contributed by atoms with E-state index in [1.807, 2.05) is 0 Å². The summed E-state index contributed by atoms with van der Waals surface area (Å²) in [6.45, 7) is 22.8. The molecule has 0 radical (unpaired) electrons. The van der Waals surface area contributed by atoms with Gasteiger partial charge in [-0.2, -0.15) is 0 Å². The predicted molar refractivity (Wildman–Crippen MR) is 192 cm³/mol. The fourth-order valence-electron chi connectivity index (χ4n) is 5.97. The van der Waals surface area contributed by atoms with Crippen LogP contribution in [-0.2, 0) is 0 Å². The summed E-state index contributed by atoms with van der Waals surface area (Å²) in [5.74, 6) is 0. The maximum absolute atomic E-state index is 3.58. The van der Waals surface area contributed by atoms with Gasteiger partial charge in [-0.1, -0.05) is 80.1 Å². The Labute approximate surface area is 249 Å². The molecular formula is C27H72N4Si6. The molecule has 0 aromatic rings. The molecule has 3 atom stereocenters. The Hall–Kier alpha value is 1.14. The summed E-state index contributed by atoms with van der Waals surface area (Å²) in [5, 5.41) is 0. The molecule has 0 aliphatic rings. The van der Waals surface area contributed by atoms with Crippen molar-refractivity contribution in [3.05, 3.63) is 0 Å². The minimum atomic E-state index is -1.09. The van der Waals surface area contributed by atoms with Gasteiger partial charge >= 0.3 is 0 Å². The Bertz CT molecular complexity index is 403. The lowest BCUT2D eigenvalue weighted by Crippen LogP contribution is -2.72. The number of hydrogen-bond acceptors (Lipinski definition) is 4. The first-order chi connectivity index (χ1) is 18.0. The third-order valence-corrected chi connectivity index (χ3v) is 29.3. The van der Waals surface area contributed by atoms with E-state index in [1.54, 1.807) is 17.0 Å². The van der Waals surface area contributed by atoms with Gasteiger partial charge in [0.1, 0.15) is 0 Å². The quantitative estimate of drug-likeness (QED) is 0.131.